The molecule has 0 saturated heterocycles. The predicted molar refractivity (Wildman–Crippen MR) is 122 cm³/mol. The van der Waals surface area contributed by atoms with Gasteiger partial charge in [-0.3, -0.25) is 0 Å². The van der Waals surface area contributed by atoms with Crippen molar-refractivity contribution in [2.75, 3.05) is 6.61 Å². The lowest BCUT2D eigenvalue weighted by atomic mass is 10.2. The van der Waals surface area contributed by atoms with E-state index in [1.165, 1.54) is 0 Å². The Labute approximate surface area is 188 Å². The van der Waals surface area contributed by atoms with Crippen LogP contribution in [-0.4, -0.2) is 18.5 Å². The third kappa shape index (κ3) is 5.20. The number of carbonyl (C=O) groups excluding carboxylic acids is 1. The maximum Gasteiger partial charge on any atom is 0.363 e. The van der Waals surface area contributed by atoms with E-state index in [2.05, 4.69) is 66.4 Å². The predicted octanol–water partition coefficient (Wildman–Crippen LogP) is 6.34. The van der Waals surface area contributed by atoms with Crippen molar-refractivity contribution in [2.24, 2.45) is 4.99 Å². The molecular weight excluding hydrogens is 589 g/mol. The number of ether oxygens (including phenoxy) is 2. The van der Waals surface area contributed by atoms with Gasteiger partial charge in [0, 0.05) is 9.13 Å². The van der Waals surface area contributed by atoms with E-state index in [1.54, 1.807) is 6.08 Å². The summed E-state index contributed by atoms with van der Waals surface area (Å²) in [7, 11) is 0. The molecule has 0 aliphatic carbocycles. The van der Waals surface area contributed by atoms with Crippen molar-refractivity contribution >= 4 is 72.4 Å². The Kier molecular flexibility index (Phi) is 7.10. The summed E-state index contributed by atoms with van der Waals surface area (Å²) in [6.45, 7) is 2.78. The molecule has 0 atom stereocenters. The van der Waals surface area contributed by atoms with Crippen LogP contribution in [0, 0.1) is 3.57 Å². The van der Waals surface area contributed by atoms with E-state index in [4.69, 9.17) is 9.47 Å². The number of rotatable bonds is 6. The van der Waals surface area contributed by atoms with Gasteiger partial charge < -0.3 is 9.47 Å². The van der Waals surface area contributed by atoms with Crippen LogP contribution in [0.25, 0.3) is 6.08 Å². The van der Waals surface area contributed by atoms with E-state index in [0.29, 0.717) is 12.5 Å². The van der Waals surface area contributed by atoms with E-state index in [-0.39, 0.29) is 5.70 Å². The zero-order chi connectivity index (χ0) is 19.4. The molecule has 0 saturated carbocycles. The normalized spacial score (nSPS) is 15.0. The molecule has 0 aromatic heterocycles. The Morgan fingerprint density at radius 2 is 1.85 bits per heavy atom. The number of carbonyl (C=O) groups is 1. The minimum Gasteiger partial charge on any atom is -0.491 e. The van der Waals surface area contributed by atoms with Gasteiger partial charge in [-0.15, -0.1) is 0 Å². The minimum absolute atomic E-state index is 0.266. The van der Waals surface area contributed by atoms with Gasteiger partial charge in [-0.25, -0.2) is 9.79 Å². The molecule has 0 spiro atoms. The van der Waals surface area contributed by atoms with Crippen molar-refractivity contribution < 1.29 is 14.3 Å². The van der Waals surface area contributed by atoms with Crippen LogP contribution < -0.4 is 4.74 Å². The van der Waals surface area contributed by atoms with Gasteiger partial charge in [0.15, 0.2) is 5.70 Å². The van der Waals surface area contributed by atoms with Crippen molar-refractivity contribution in [3.8, 4) is 5.75 Å². The summed E-state index contributed by atoms with van der Waals surface area (Å²) in [5.41, 5.74) is 1.85. The summed E-state index contributed by atoms with van der Waals surface area (Å²) in [6.07, 6.45) is 3.77. The standard InChI is InChI=1S/C20H16Br2INO3/c1-2-3-8-26-18-15(21)9-12(10-16(18)22)11-17-20(25)27-19(24-17)13-4-6-14(23)7-5-13/h4-7,9-11H,2-3,8H2,1H3/b17-11-. The van der Waals surface area contributed by atoms with Gasteiger partial charge in [0.25, 0.3) is 0 Å². The summed E-state index contributed by atoms with van der Waals surface area (Å²) < 4.78 is 13.8. The van der Waals surface area contributed by atoms with Crippen LogP contribution in [0.4, 0.5) is 0 Å². The van der Waals surface area contributed by atoms with Crippen LogP contribution in [-0.2, 0) is 9.53 Å². The van der Waals surface area contributed by atoms with Gasteiger partial charge in [0.2, 0.25) is 5.90 Å². The molecule has 1 heterocycles. The minimum atomic E-state index is -0.459. The first-order valence-corrected chi connectivity index (χ1v) is 11.0. The summed E-state index contributed by atoms with van der Waals surface area (Å²) in [5.74, 6) is 0.613. The maximum atomic E-state index is 12.2. The van der Waals surface area contributed by atoms with Gasteiger partial charge in [-0.1, -0.05) is 13.3 Å². The molecule has 140 valence electrons. The number of aliphatic imine (C=N–C) groups is 1. The van der Waals surface area contributed by atoms with Crippen LogP contribution in [0.5, 0.6) is 5.75 Å². The largest absolute Gasteiger partial charge is 0.491 e. The number of hydrogen-bond acceptors (Lipinski definition) is 4. The number of nitrogens with zero attached hydrogens (tertiary/aromatic N) is 1. The first-order valence-electron chi connectivity index (χ1n) is 8.38. The molecule has 7 heteroatoms. The van der Waals surface area contributed by atoms with Crippen molar-refractivity contribution in [3.63, 3.8) is 0 Å². The molecule has 2 aromatic carbocycles. The SMILES string of the molecule is CCCCOc1c(Br)cc(/C=C2\N=C(c3ccc(I)cc3)OC2=O)cc1Br. The molecule has 27 heavy (non-hydrogen) atoms. The average molecular weight is 605 g/mol. The number of cyclic esters (lactones) is 1. The summed E-state index contributed by atoms with van der Waals surface area (Å²) in [6, 6.07) is 11.4. The molecule has 0 radical (unpaired) electrons. The van der Waals surface area contributed by atoms with Crippen molar-refractivity contribution in [3.05, 3.63) is 65.7 Å². The first-order chi connectivity index (χ1) is 13.0. The molecule has 0 unspecified atom stereocenters. The second kappa shape index (κ2) is 9.34. The van der Waals surface area contributed by atoms with Gasteiger partial charge in [-0.05, 0) is 109 Å². The number of esters is 1. The van der Waals surface area contributed by atoms with E-state index in [0.717, 1.165) is 42.2 Å². The second-order valence-electron chi connectivity index (χ2n) is 5.86. The highest BCUT2D eigenvalue weighted by Crippen LogP contribution is 2.36. The average Bonchev–Trinajstić information content (AvgIpc) is 2.98. The molecule has 0 amide bonds. The highest BCUT2D eigenvalue weighted by molar-refractivity contribution is 14.1. The Morgan fingerprint density at radius 3 is 2.48 bits per heavy atom. The quantitative estimate of drug-likeness (QED) is 0.167. The zero-order valence-electron chi connectivity index (χ0n) is 14.5. The second-order valence-corrected chi connectivity index (χ2v) is 8.81. The zero-order valence-corrected chi connectivity index (χ0v) is 19.8. The van der Waals surface area contributed by atoms with E-state index < -0.39 is 5.97 Å². The lowest BCUT2D eigenvalue weighted by Gasteiger charge is -2.11. The van der Waals surface area contributed by atoms with E-state index in [1.807, 2.05) is 36.4 Å². The van der Waals surface area contributed by atoms with Crippen molar-refractivity contribution in [2.45, 2.75) is 19.8 Å². The molecule has 1 aliphatic rings. The summed E-state index contributed by atoms with van der Waals surface area (Å²) in [5, 5.41) is 0. The summed E-state index contributed by atoms with van der Waals surface area (Å²) in [4.78, 5) is 16.5. The van der Waals surface area contributed by atoms with Gasteiger partial charge in [0.1, 0.15) is 5.75 Å². The Hall–Kier alpha value is -1.19. The molecule has 1 aliphatic heterocycles. The third-order valence-corrected chi connectivity index (χ3v) is 5.68. The Morgan fingerprint density at radius 1 is 1.19 bits per heavy atom. The fourth-order valence-electron chi connectivity index (χ4n) is 2.40. The van der Waals surface area contributed by atoms with Gasteiger partial charge in [0.05, 0.1) is 15.6 Å². The van der Waals surface area contributed by atoms with Crippen LogP contribution in [0.3, 0.4) is 0 Å². The smallest absolute Gasteiger partial charge is 0.363 e. The molecular formula is C20H16Br2INO3. The summed E-state index contributed by atoms with van der Waals surface area (Å²) >= 11 is 9.29. The van der Waals surface area contributed by atoms with Crippen LogP contribution in [0.1, 0.15) is 30.9 Å². The first kappa shape index (κ1) is 20.5. The number of benzene rings is 2. The number of unbranched alkanes of at least 4 members (excludes halogenated alkanes) is 1. The highest BCUT2D eigenvalue weighted by Gasteiger charge is 2.24. The fraction of sp³-hybridized carbons (Fsp3) is 0.200. The molecule has 3 rings (SSSR count). The van der Waals surface area contributed by atoms with Gasteiger partial charge in [-0.2, -0.15) is 0 Å². The third-order valence-electron chi connectivity index (χ3n) is 3.78. The Balaban J connectivity index is 1.85. The van der Waals surface area contributed by atoms with Crippen LogP contribution in [0.2, 0.25) is 0 Å². The van der Waals surface area contributed by atoms with E-state index >= 15 is 0 Å². The van der Waals surface area contributed by atoms with Crippen LogP contribution >= 0.6 is 54.5 Å². The fourth-order valence-corrected chi connectivity index (χ4v) is 4.21. The molecule has 0 fully saturated rings. The molecule has 4 nitrogen and oxygen atoms in total. The van der Waals surface area contributed by atoms with Crippen molar-refractivity contribution in [1.29, 1.82) is 0 Å². The topological polar surface area (TPSA) is 47.9 Å². The number of hydrogen-bond donors (Lipinski definition) is 0. The Bertz CT molecular complexity index is 900. The van der Waals surface area contributed by atoms with Gasteiger partial charge >= 0.3 is 5.97 Å². The molecule has 0 bridgehead atoms. The molecule has 2 aromatic rings. The highest BCUT2D eigenvalue weighted by atomic mass is 127. The lowest BCUT2D eigenvalue weighted by Crippen LogP contribution is -2.05. The van der Waals surface area contributed by atoms with Crippen molar-refractivity contribution in [1.82, 2.24) is 0 Å². The monoisotopic (exact) mass is 603 g/mol. The maximum absolute atomic E-state index is 12.2. The molecule has 0 N–H and O–H groups in total. The lowest BCUT2D eigenvalue weighted by molar-refractivity contribution is -0.129. The van der Waals surface area contributed by atoms with Crippen LogP contribution in [0.15, 0.2) is 56.0 Å². The number of halogens is 3. The van der Waals surface area contributed by atoms with E-state index in [9.17, 15) is 4.79 Å².